The maximum absolute atomic E-state index is 13.3. The zero-order valence-corrected chi connectivity index (χ0v) is 11.3. The van der Waals surface area contributed by atoms with E-state index in [0.29, 0.717) is 10.6 Å². The molecule has 0 N–H and O–H groups in total. The molecule has 0 heterocycles. The minimum absolute atomic E-state index is 0.0352. The minimum atomic E-state index is -0.467. The molecule has 0 aliphatic carbocycles. The molecule has 0 bridgehead atoms. The summed E-state index contributed by atoms with van der Waals surface area (Å²) in [7, 11) is 0. The molecule has 0 saturated heterocycles. The van der Waals surface area contributed by atoms with Gasteiger partial charge in [0.1, 0.15) is 5.82 Å². The molecule has 0 aliphatic heterocycles. The van der Waals surface area contributed by atoms with Gasteiger partial charge in [0.25, 0.3) is 0 Å². The van der Waals surface area contributed by atoms with Crippen molar-refractivity contribution in [2.75, 3.05) is 0 Å². The van der Waals surface area contributed by atoms with Crippen LogP contribution in [0.3, 0.4) is 0 Å². The second-order valence-corrected chi connectivity index (χ2v) is 4.79. The number of rotatable bonds is 2. The van der Waals surface area contributed by atoms with Gasteiger partial charge in [0.05, 0.1) is 5.02 Å². The lowest BCUT2D eigenvalue weighted by atomic mass is 10.1. The Hall–Kier alpha value is -1.31. The van der Waals surface area contributed by atoms with Crippen molar-refractivity contribution in [2.24, 2.45) is 0 Å². The van der Waals surface area contributed by atoms with Crippen LogP contribution in [0.4, 0.5) is 4.39 Å². The van der Waals surface area contributed by atoms with E-state index in [9.17, 15) is 4.39 Å². The van der Waals surface area contributed by atoms with E-state index in [4.69, 9.17) is 23.2 Å². The third-order valence-electron chi connectivity index (χ3n) is 2.67. The normalized spacial score (nSPS) is 11.1. The van der Waals surface area contributed by atoms with Crippen LogP contribution in [-0.2, 0) is 0 Å². The van der Waals surface area contributed by atoms with Gasteiger partial charge in [-0.05, 0) is 35.7 Å². The van der Waals surface area contributed by atoms with Gasteiger partial charge in [-0.15, -0.1) is 0 Å². The third kappa shape index (κ3) is 2.92. The lowest BCUT2D eigenvalue weighted by Gasteiger charge is -2.02. The van der Waals surface area contributed by atoms with Crippen LogP contribution >= 0.6 is 23.2 Å². The Morgan fingerprint density at radius 1 is 0.944 bits per heavy atom. The molecule has 18 heavy (non-hydrogen) atoms. The topological polar surface area (TPSA) is 0 Å². The summed E-state index contributed by atoms with van der Waals surface area (Å²) in [4.78, 5) is 0. The van der Waals surface area contributed by atoms with Crippen LogP contribution in [0, 0.1) is 12.7 Å². The molecule has 0 saturated carbocycles. The van der Waals surface area contributed by atoms with Crippen molar-refractivity contribution < 1.29 is 4.39 Å². The van der Waals surface area contributed by atoms with Crippen LogP contribution in [-0.4, -0.2) is 0 Å². The second-order valence-electron chi connectivity index (χ2n) is 3.98. The number of hydrogen-bond donors (Lipinski definition) is 0. The first kappa shape index (κ1) is 13.1. The highest BCUT2D eigenvalue weighted by Crippen LogP contribution is 2.26. The molecule has 0 radical (unpaired) electrons. The second kappa shape index (κ2) is 5.55. The van der Waals surface area contributed by atoms with Crippen molar-refractivity contribution in [3.8, 4) is 0 Å². The average molecular weight is 281 g/mol. The standard InChI is InChI=1S/C15H11Cl2F/c1-10-4-2-3-5-11(10)6-7-12-8-15(18)14(17)9-13(12)16/h2-9H,1H3/b7-6+. The lowest BCUT2D eigenvalue weighted by molar-refractivity contribution is 0.628. The van der Waals surface area contributed by atoms with Gasteiger partial charge in [0.2, 0.25) is 0 Å². The molecule has 2 rings (SSSR count). The highest BCUT2D eigenvalue weighted by Gasteiger charge is 2.04. The van der Waals surface area contributed by atoms with Crippen molar-refractivity contribution >= 4 is 35.4 Å². The average Bonchev–Trinajstić information content (AvgIpc) is 2.34. The summed E-state index contributed by atoms with van der Waals surface area (Å²) in [6.07, 6.45) is 3.69. The zero-order valence-electron chi connectivity index (χ0n) is 9.75. The van der Waals surface area contributed by atoms with E-state index < -0.39 is 5.82 Å². The van der Waals surface area contributed by atoms with Crippen molar-refractivity contribution in [1.29, 1.82) is 0 Å². The zero-order chi connectivity index (χ0) is 13.1. The predicted octanol–water partition coefficient (Wildman–Crippen LogP) is 5.61. The first-order valence-corrected chi connectivity index (χ1v) is 6.22. The monoisotopic (exact) mass is 280 g/mol. The first-order valence-electron chi connectivity index (χ1n) is 5.46. The van der Waals surface area contributed by atoms with E-state index >= 15 is 0 Å². The van der Waals surface area contributed by atoms with Crippen molar-refractivity contribution in [3.05, 3.63) is 69.0 Å². The SMILES string of the molecule is Cc1ccccc1/C=C/c1cc(F)c(Cl)cc1Cl. The quantitative estimate of drug-likeness (QED) is 0.495. The molecule has 0 fully saturated rings. The molecule has 0 unspecified atom stereocenters. The largest absolute Gasteiger partial charge is 0.205 e. The molecule has 0 atom stereocenters. The predicted molar refractivity (Wildman–Crippen MR) is 76.5 cm³/mol. The first-order chi connectivity index (χ1) is 8.58. The molecule has 2 aromatic carbocycles. The molecule has 0 amide bonds. The van der Waals surface area contributed by atoms with Crippen LogP contribution in [0.5, 0.6) is 0 Å². The summed E-state index contributed by atoms with van der Waals surface area (Å²) >= 11 is 11.6. The molecule has 0 aliphatic rings. The van der Waals surface area contributed by atoms with Crippen LogP contribution in [0.15, 0.2) is 36.4 Å². The fraction of sp³-hybridized carbons (Fsp3) is 0.0667. The van der Waals surface area contributed by atoms with Crippen molar-refractivity contribution in [1.82, 2.24) is 0 Å². The molecular weight excluding hydrogens is 270 g/mol. The van der Waals surface area contributed by atoms with Gasteiger partial charge >= 0.3 is 0 Å². The summed E-state index contributed by atoms with van der Waals surface area (Å²) in [5.74, 6) is -0.467. The fourth-order valence-corrected chi connectivity index (χ4v) is 2.07. The Balaban J connectivity index is 2.35. The molecular formula is C15H11Cl2F. The summed E-state index contributed by atoms with van der Waals surface area (Å²) in [6.45, 7) is 2.02. The molecule has 2 aromatic rings. The van der Waals surface area contributed by atoms with Gasteiger partial charge in [0, 0.05) is 5.02 Å². The summed E-state index contributed by atoms with van der Waals surface area (Å²) in [5, 5.41) is 0.472. The van der Waals surface area contributed by atoms with E-state index in [2.05, 4.69) is 0 Å². The number of benzene rings is 2. The number of halogens is 3. The maximum Gasteiger partial charge on any atom is 0.142 e. The van der Waals surface area contributed by atoms with Crippen molar-refractivity contribution in [3.63, 3.8) is 0 Å². The maximum atomic E-state index is 13.3. The van der Waals surface area contributed by atoms with E-state index in [1.54, 1.807) is 6.08 Å². The van der Waals surface area contributed by atoms with Crippen LogP contribution in [0.1, 0.15) is 16.7 Å². The van der Waals surface area contributed by atoms with Crippen molar-refractivity contribution in [2.45, 2.75) is 6.92 Å². The lowest BCUT2D eigenvalue weighted by Crippen LogP contribution is -1.83. The smallest absolute Gasteiger partial charge is 0.142 e. The highest BCUT2D eigenvalue weighted by atomic mass is 35.5. The van der Waals surface area contributed by atoms with Gasteiger partial charge in [-0.3, -0.25) is 0 Å². The molecule has 0 aromatic heterocycles. The van der Waals surface area contributed by atoms with Crippen LogP contribution in [0.25, 0.3) is 12.2 Å². The van der Waals surface area contributed by atoms with Gasteiger partial charge < -0.3 is 0 Å². The van der Waals surface area contributed by atoms with Gasteiger partial charge in [0.15, 0.2) is 0 Å². The van der Waals surface area contributed by atoms with Gasteiger partial charge in [-0.1, -0.05) is 59.6 Å². The summed E-state index contributed by atoms with van der Waals surface area (Å²) in [6, 6.07) is 10.7. The summed E-state index contributed by atoms with van der Waals surface area (Å²) < 4.78 is 13.3. The molecule has 0 spiro atoms. The van der Waals surface area contributed by atoms with E-state index in [1.807, 2.05) is 37.3 Å². The van der Waals surface area contributed by atoms with Crippen LogP contribution < -0.4 is 0 Å². The molecule has 92 valence electrons. The van der Waals surface area contributed by atoms with Gasteiger partial charge in [-0.2, -0.15) is 0 Å². The Labute approximate surface area is 116 Å². The Morgan fingerprint density at radius 2 is 1.61 bits per heavy atom. The number of hydrogen-bond acceptors (Lipinski definition) is 0. The van der Waals surface area contributed by atoms with Crippen LogP contribution in [0.2, 0.25) is 10.0 Å². The Morgan fingerprint density at radius 3 is 2.33 bits per heavy atom. The fourth-order valence-electron chi connectivity index (χ4n) is 1.62. The highest BCUT2D eigenvalue weighted by molar-refractivity contribution is 6.35. The van der Waals surface area contributed by atoms with Gasteiger partial charge in [-0.25, -0.2) is 4.39 Å². The van der Waals surface area contributed by atoms with E-state index in [0.717, 1.165) is 11.1 Å². The van der Waals surface area contributed by atoms with E-state index in [-0.39, 0.29) is 5.02 Å². The minimum Gasteiger partial charge on any atom is -0.205 e. The summed E-state index contributed by atoms with van der Waals surface area (Å²) in [5.41, 5.74) is 2.84. The third-order valence-corrected chi connectivity index (χ3v) is 3.29. The Kier molecular flexibility index (Phi) is 4.05. The molecule has 3 heteroatoms. The van der Waals surface area contributed by atoms with E-state index in [1.165, 1.54) is 12.1 Å². The Bertz CT molecular complexity index is 603. The number of aryl methyl sites for hydroxylation is 1. The molecule has 0 nitrogen and oxygen atoms in total.